The Kier molecular flexibility index (Phi) is 3.84. The Morgan fingerprint density at radius 1 is 1.05 bits per heavy atom. The fourth-order valence-electron chi connectivity index (χ4n) is 2.22. The maximum Gasteiger partial charge on any atom is 0.205 e. The van der Waals surface area contributed by atoms with Crippen molar-refractivity contribution in [1.29, 1.82) is 0 Å². The maximum atomic E-state index is 5.46. The first-order valence-corrected chi connectivity index (χ1v) is 7.27. The number of aryl methyl sites for hydroxylation is 1. The summed E-state index contributed by atoms with van der Waals surface area (Å²) < 4.78 is 15.0. The highest BCUT2D eigenvalue weighted by Crippen LogP contribution is 2.36. The van der Waals surface area contributed by atoms with Gasteiger partial charge in [0.25, 0.3) is 0 Å². The third kappa shape index (κ3) is 2.35. The van der Waals surface area contributed by atoms with Crippen molar-refractivity contribution in [3.8, 4) is 28.7 Å². The number of halogens is 1. The van der Waals surface area contributed by atoms with Crippen LogP contribution < -0.4 is 9.47 Å². The van der Waals surface area contributed by atoms with Crippen molar-refractivity contribution in [2.45, 2.75) is 0 Å². The number of aromatic nitrogens is 5. The Morgan fingerprint density at radius 3 is 2.27 bits per heavy atom. The van der Waals surface area contributed by atoms with Crippen LogP contribution in [-0.2, 0) is 7.05 Å². The van der Waals surface area contributed by atoms with Crippen molar-refractivity contribution in [3.63, 3.8) is 0 Å². The number of para-hydroxylation sites is 1. The molecule has 0 atom stereocenters. The van der Waals surface area contributed by atoms with Crippen molar-refractivity contribution in [2.75, 3.05) is 14.2 Å². The molecular weight excluding hydrogens is 350 g/mol. The van der Waals surface area contributed by atoms with Gasteiger partial charge < -0.3 is 9.47 Å². The van der Waals surface area contributed by atoms with Crippen LogP contribution in [0, 0.1) is 0 Å². The fraction of sp³-hybridized carbons (Fsp3) is 0.214. The van der Waals surface area contributed by atoms with Crippen LogP contribution in [0.4, 0.5) is 0 Å². The van der Waals surface area contributed by atoms with Crippen LogP contribution in [-0.4, -0.2) is 38.8 Å². The van der Waals surface area contributed by atoms with Crippen LogP contribution in [0.5, 0.6) is 11.5 Å². The Bertz CT molecular complexity index is 789. The minimum absolute atomic E-state index is 0.538. The molecule has 22 heavy (non-hydrogen) atoms. The molecular formula is C14H14BrN5O2. The van der Waals surface area contributed by atoms with Gasteiger partial charge in [0.1, 0.15) is 22.9 Å². The highest BCUT2D eigenvalue weighted by molar-refractivity contribution is 9.10. The largest absolute Gasteiger partial charge is 0.494 e. The number of methoxy groups -OCH3 is 2. The number of benzene rings is 1. The van der Waals surface area contributed by atoms with Gasteiger partial charge >= 0.3 is 0 Å². The summed E-state index contributed by atoms with van der Waals surface area (Å²) in [4.78, 5) is 0. The van der Waals surface area contributed by atoms with E-state index >= 15 is 0 Å². The molecule has 0 aliphatic heterocycles. The summed E-state index contributed by atoms with van der Waals surface area (Å²) in [6, 6.07) is 7.44. The number of hydrogen-bond acceptors (Lipinski definition) is 5. The zero-order valence-corrected chi connectivity index (χ0v) is 13.9. The van der Waals surface area contributed by atoms with Crippen molar-refractivity contribution >= 4 is 15.9 Å². The van der Waals surface area contributed by atoms with Gasteiger partial charge in [0, 0.05) is 13.2 Å². The lowest BCUT2D eigenvalue weighted by Gasteiger charge is -2.15. The van der Waals surface area contributed by atoms with E-state index in [1.165, 1.54) is 0 Å². The van der Waals surface area contributed by atoms with Gasteiger partial charge in [0.15, 0.2) is 5.82 Å². The van der Waals surface area contributed by atoms with Crippen LogP contribution in [0.3, 0.4) is 0 Å². The van der Waals surface area contributed by atoms with Gasteiger partial charge in [-0.15, -0.1) is 10.2 Å². The molecule has 0 radical (unpaired) electrons. The van der Waals surface area contributed by atoms with E-state index in [1.807, 2.05) is 37.5 Å². The minimum Gasteiger partial charge on any atom is -0.494 e. The summed E-state index contributed by atoms with van der Waals surface area (Å²) >= 11 is 3.43. The lowest BCUT2D eigenvalue weighted by atomic mass is 10.2. The molecule has 3 rings (SSSR count). The van der Waals surface area contributed by atoms with Crippen molar-refractivity contribution in [3.05, 3.63) is 35.2 Å². The maximum absolute atomic E-state index is 5.46. The highest BCUT2D eigenvalue weighted by atomic mass is 79.9. The van der Waals surface area contributed by atoms with Crippen LogP contribution >= 0.6 is 15.9 Å². The predicted octanol–water partition coefficient (Wildman–Crippen LogP) is 2.45. The molecule has 0 unspecified atom stereocenters. The SMILES string of the molecule is COc1cccc(OC)c1-n1c(Br)nnc1-c1ccn(C)n1. The lowest BCUT2D eigenvalue weighted by molar-refractivity contribution is 0.391. The lowest BCUT2D eigenvalue weighted by Crippen LogP contribution is -2.04. The van der Waals surface area contributed by atoms with Crippen LogP contribution in [0.2, 0.25) is 0 Å². The first kappa shape index (κ1) is 14.6. The predicted molar refractivity (Wildman–Crippen MR) is 84.4 cm³/mol. The standard InChI is InChI=1S/C14H14BrN5O2/c1-19-8-7-9(18-19)13-16-17-14(15)20(13)12-10(21-2)5-4-6-11(12)22-3/h4-8H,1-3H3. The molecule has 8 heteroatoms. The van der Waals surface area contributed by atoms with Gasteiger partial charge in [0.05, 0.1) is 14.2 Å². The average molecular weight is 364 g/mol. The van der Waals surface area contributed by atoms with Gasteiger partial charge in [-0.2, -0.15) is 5.10 Å². The summed E-state index contributed by atoms with van der Waals surface area (Å²) in [6.45, 7) is 0. The van der Waals surface area contributed by atoms with Crippen LogP contribution in [0.1, 0.15) is 0 Å². The molecule has 0 aliphatic rings. The minimum atomic E-state index is 0.538. The molecule has 0 spiro atoms. The summed E-state index contributed by atoms with van der Waals surface area (Å²) in [5.41, 5.74) is 1.42. The number of nitrogens with zero attached hydrogens (tertiary/aromatic N) is 5. The second kappa shape index (κ2) is 5.80. The van der Waals surface area contributed by atoms with E-state index in [9.17, 15) is 0 Å². The van der Waals surface area contributed by atoms with Gasteiger partial charge in [-0.05, 0) is 34.1 Å². The number of rotatable bonds is 4. The highest BCUT2D eigenvalue weighted by Gasteiger charge is 2.22. The first-order chi connectivity index (χ1) is 10.7. The molecule has 0 fully saturated rings. The Morgan fingerprint density at radius 2 is 1.73 bits per heavy atom. The molecule has 0 saturated carbocycles. The van der Waals surface area contributed by atoms with E-state index in [1.54, 1.807) is 23.5 Å². The molecule has 0 N–H and O–H groups in total. The van der Waals surface area contributed by atoms with E-state index in [-0.39, 0.29) is 0 Å². The van der Waals surface area contributed by atoms with E-state index < -0.39 is 0 Å². The summed E-state index contributed by atoms with van der Waals surface area (Å²) in [5.74, 6) is 1.89. The van der Waals surface area contributed by atoms with Crippen molar-refractivity contribution in [2.24, 2.45) is 7.05 Å². The summed E-state index contributed by atoms with van der Waals surface area (Å²) in [7, 11) is 5.07. The molecule has 0 saturated heterocycles. The smallest absolute Gasteiger partial charge is 0.205 e. The second-order valence-electron chi connectivity index (χ2n) is 4.51. The van der Waals surface area contributed by atoms with Gasteiger partial charge in [-0.1, -0.05) is 6.07 Å². The molecule has 114 valence electrons. The third-order valence-corrected chi connectivity index (χ3v) is 3.70. The Labute approximate surface area is 135 Å². The zero-order chi connectivity index (χ0) is 15.7. The monoisotopic (exact) mass is 363 g/mol. The van der Waals surface area contributed by atoms with E-state index in [4.69, 9.17) is 9.47 Å². The molecule has 7 nitrogen and oxygen atoms in total. The fourth-order valence-corrected chi connectivity index (χ4v) is 2.64. The number of hydrogen-bond donors (Lipinski definition) is 0. The van der Waals surface area contributed by atoms with E-state index in [0.29, 0.717) is 33.4 Å². The molecule has 1 aromatic carbocycles. The molecule has 0 bridgehead atoms. The molecule has 3 aromatic rings. The van der Waals surface area contributed by atoms with Gasteiger partial charge in [-0.25, -0.2) is 0 Å². The van der Waals surface area contributed by atoms with E-state index in [0.717, 1.165) is 0 Å². The quantitative estimate of drug-likeness (QED) is 0.712. The zero-order valence-electron chi connectivity index (χ0n) is 12.3. The summed E-state index contributed by atoms with van der Waals surface area (Å²) in [6.07, 6.45) is 1.85. The van der Waals surface area contributed by atoms with Crippen LogP contribution in [0.25, 0.3) is 17.2 Å². The Hall–Kier alpha value is -2.35. The van der Waals surface area contributed by atoms with Gasteiger partial charge in [0.2, 0.25) is 4.73 Å². The topological polar surface area (TPSA) is 67.0 Å². The molecule has 2 heterocycles. The molecule has 0 amide bonds. The van der Waals surface area contributed by atoms with Crippen molar-refractivity contribution < 1.29 is 9.47 Å². The van der Waals surface area contributed by atoms with E-state index in [2.05, 4.69) is 31.2 Å². The van der Waals surface area contributed by atoms with Gasteiger partial charge in [-0.3, -0.25) is 9.25 Å². The molecule has 0 aliphatic carbocycles. The number of ether oxygens (including phenoxy) is 2. The Balaban J connectivity index is 2.28. The third-order valence-electron chi connectivity index (χ3n) is 3.19. The average Bonchev–Trinajstić information content (AvgIpc) is 3.12. The summed E-state index contributed by atoms with van der Waals surface area (Å²) in [5, 5.41) is 12.7. The molecule has 2 aromatic heterocycles. The van der Waals surface area contributed by atoms with Crippen molar-refractivity contribution in [1.82, 2.24) is 24.5 Å². The van der Waals surface area contributed by atoms with Crippen LogP contribution in [0.15, 0.2) is 35.2 Å². The second-order valence-corrected chi connectivity index (χ2v) is 5.22. The first-order valence-electron chi connectivity index (χ1n) is 6.48. The normalized spacial score (nSPS) is 10.7.